The fourth-order valence-corrected chi connectivity index (χ4v) is 3.42. The Labute approximate surface area is 150 Å². The van der Waals surface area contributed by atoms with Gasteiger partial charge in [-0.05, 0) is 35.2 Å². The molecule has 0 bridgehead atoms. The molecule has 0 saturated carbocycles. The van der Waals surface area contributed by atoms with Gasteiger partial charge in [0.1, 0.15) is 11.5 Å². The van der Waals surface area contributed by atoms with Crippen LogP contribution in [0.3, 0.4) is 0 Å². The van der Waals surface area contributed by atoms with Crippen molar-refractivity contribution in [2.75, 3.05) is 14.2 Å². The van der Waals surface area contributed by atoms with Gasteiger partial charge in [0.15, 0.2) is 0 Å². The highest BCUT2D eigenvalue weighted by molar-refractivity contribution is 5.46. The minimum Gasteiger partial charge on any atom is -0.497 e. The van der Waals surface area contributed by atoms with Crippen molar-refractivity contribution in [2.24, 2.45) is 0 Å². The number of hydrogen-bond acceptors (Lipinski definition) is 2. The lowest BCUT2D eigenvalue weighted by atomic mass is 9.78. The minimum absolute atomic E-state index is 0.199. The molecule has 0 saturated heterocycles. The third kappa shape index (κ3) is 3.69. The Morgan fingerprint density at radius 2 is 1.28 bits per heavy atom. The second-order valence-electron chi connectivity index (χ2n) is 6.19. The van der Waals surface area contributed by atoms with E-state index in [1.165, 1.54) is 16.7 Å². The molecule has 0 aliphatic carbocycles. The Bertz CT molecular complexity index is 794. The van der Waals surface area contributed by atoms with E-state index in [0.717, 1.165) is 11.5 Å². The van der Waals surface area contributed by atoms with Crippen LogP contribution in [0.2, 0.25) is 0 Å². The van der Waals surface area contributed by atoms with Crippen LogP contribution in [0.25, 0.3) is 0 Å². The molecule has 25 heavy (non-hydrogen) atoms. The number of benzene rings is 3. The lowest BCUT2D eigenvalue weighted by molar-refractivity contribution is 0.405. The molecule has 2 heteroatoms. The van der Waals surface area contributed by atoms with Crippen LogP contribution in [0.5, 0.6) is 11.5 Å². The van der Waals surface area contributed by atoms with Crippen molar-refractivity contribution in [1.29, 1.82) is 0 Å². The standard InChI is InChI=1S/C23H24O2/c1-17(18-9-5-4-6-10-18)23(19-13-15-20(24-2)16-14-19)21-11-7-8-12-22(21)25-3/h4-17,23H,1-3H3. The monoisotopic (exact) mass is 332 g/mol. The second kappa shape index (κ2) is 7.89. The van der Waals surface area contributed by atoms with Crippen molar-refractivity contribution in [3.8, 4) is 11.5 Å². The number of methoxy groups -OCH3 is 2. The summed E-state index contributed by atoms with van der Waals surface area (Å²) in [4.78, 5) is 0. The molecule has 0 aliphatic rings. The molecule has 0 heterocycles. The van der Waals surface area contributed by atoms with Crippen molar-refractivity contribution in [3.63, 3.8) is 0 Å². The van der Waals surface area contributed by atoms with E-state index in [9.17, 15) is 0 Å². The van der Waals surface area contributed by atoms with Gasteiger partial charge in [0.05, 0.1) is 14.2 Å². The normalized spacial score (nSPS) is 13.1. The van der Waals surface area contributed by atoms with Crippen LogP contribution < -0.4 is 9.47 Å². The van der Waals surface area contributed by atoms with Crippen molar-refractivity contribution in [1.82, 2.24) is 0 Å². The molecule has 0 N–H and O–H groups in total. The molecule has 0 aliphatic heterocycles. The first-order valence-corrected chi connectivity index (χ1v) is 8.56. The van der Waals surface area contributed by atoms with Crippen LogP contribution in [0.1, 0.15) is 35.4 Å². The van der Waals surface area contributed by atoms with Crippen LogP contribution >= 0.6 is 0 Å². The molecule has 3 aromatic rings. The van der Waals surface area contributed by atoms with Crippen molar-refractivity contribution >= 4 is 0 Å². The zero-order valence-electron chi connectivity index (χ0n) is 15.0. The molecule has 0 radical (unpaired) electrons. The van der Waals surface area contributed by atoms with E-state index in [1.807, 2.05) is 24.3 Å². The molecular formula is C23H24O2. The number of rotatable bonds is 6. The molecule has 2 unspecified atom stereocenters. The van der Waals surface area contributed by atoms with E-state index in [0.29, 0.717) is 5.92 Å². The molecule has 0 spiro atoms. The average Bonchev–Trinajstić information content (AvgIpc) is 2.69. The van der Waals surface area contributed by atoms with Gasteiger partial charge in [-0.3, -0.25) is 0 Å². The van der Waals surface area contributed by atoms with Crippen LogP contribution in [0.4, 0.5) is 0 Å². The fourth-order valence-electron chi connectivity index (χ4n) is 3.42. The summed E-state index contributed by atoms with van der Waals surface area (Å²) < 4.78 is 11.0. The van der Waals surface area contributed by atoms with E-state index < -0.39 is 0 Å². The lowest BCUT2D eigenvalue weighted by Gasteiger charge is -2.27. The molecule has 2 nitrogen and oxygen atoms in total. The molecule has 0 aromatic heterocycles. The second-order valence-corrected chi connectivity index (χ2v) is 6.19. The quantitative estimate of drug-likeness (QED) is 0.581. The van der Waals surface area contributed by atoms with E-state index in [2.05, 4.69) is 61.5 Å². The van der Waals surface area contributed by atoms with Crippen molar-refractivity contribution in [2.45, 2.75) is 18.8 Å². The Kier molecular flexibility index (Phi) is 5.39. The number of hydrogen-bond donors (Lipinski definition) is 0. The maximum absolute atomic E-state index is 5.65. The minimum atomic E-state index is 0.199. The summed E-state index contributed by atoms with van der Waals surface area (Å²) in [6.45, 7) is 2.27. The number of para-hydroxylation sites is 1. The Balaban J connectivity index is 2.10. The Morgan fingerprint density at radius 1 is 0.640 bits per heavy atom. The van der Waals surface area contributed by atoms with Crippen LogP contribution in [0.15, 0.2) is 78.9 Å². The fraction of sp³-hybridized carbons (Fsp3) is 0.217. The zero-order valence-corrected chi connectivity index (χ0v) is 15.0. The van der Waals surface area contributed by atoms with E-state index in [1.54, 1.807) is 14.2 Å². The predicted octanol–water partition coefficient (Wildman–Crippen LogP) is 5.64. The maximum Gasteiger partial charge on any atom is 0.122 e. The van der Waals surface area contributed by atoms with Gasteiger partial charge in [0, 0.05) is 11.5 Å². The van der Waals surface area contributed by atoms with Gasteiger partial charge in [-0.2, -0.15) is 0 Å². The highest BCUT2D eigenvalue weighted by atomic mass is 16.5. The van der Waals surface area contributed by atoms with Gasteiger partial charge < -0.3 is 9.47 Å². The molecule has 0 amide bonds. The molecule has 3 aromatic carbocycles. The first-order valence-electron chi connectivity index (χ1n) is 8.56. The molecule has 0 fully saturated rings. The van der Waals surface area contributed by atoms with E-state index >= 15 is 0 Å². The first-order chi connectivity index (χ1) is 12.2. The van der Waals surface area contributed by atoms with Crippen LogP contribution in [-0.4, -0.2) is 14.2 Å². The summed E-state index contributed by atoms with van der Waals surface area (Å²) in [6, 6.07) is 27.3. The molecule has 128 valence electrons. The largest absolute Gasteiger partial charge is 0.497 e. The van der Waals surface area contributed by atoms with Crippen molar-refractivity contribution in [3.05, 3.63) is 95.6 Å². The van der Waals surface area contributed by atoms with Gasteiger partial charge in [-0.15, -0.1) is 0 Å². The highest BCUT2D eigenvalue weighted by Crippen LogP contribution is 2.42. The van der Waals surface area contributed by atoms with E-state index in [-0.39, 0.29) is 5.92 Å². The summed E-state index contributed by atoms with van der Waals surface area (Å²) in [5, 5.41) is 0. The van der Waals surface area contributed by atoms with Gasteiger partial charge >= 0.3 is 0 Å². The van der Waals surface area contributed by atoms with Gasteiger partial charge in [-0.25, -0.2) is 0 Å². The summed E-state index contributed by atoms with van der Waals surface area (Å²) in [7, 11) is 3.43. The maximum atomic E-state index is 5.65. The Morgan fingerprint density at radius 3 is 1.92 bits per heavy atom. The molecular weight excluding hydrogens is 308 g/mol. The van der Waals surface area contributed by atoms with Crippen LogP contribution in [-0.2, 0) is 0 Å². The summed E-state index contributed by atoms with van der Waals surface area (Å²) in [5.41, 5.74) is 3.77. The number of ether oxygens (including phenoxy) is 2. The lowest BCUT2D eigenvalue weighted by Crippen LogP contribution is -2.11. The smallest absolute Gasteiger partial charge is 0.122 e. The average molecular weight is 332 g/mol. The summed E-state index contributed by atoms with van der Waals surface area (Å²) in [5.74, 6) is 2.30. The van der Waals surface area contributed by atoms with Gasteiger partial charge in [0.2, 0.25) is 0 Å². The summed E-state index contributed by atoms with van der Waals surface area (Å²) in [6.07, 6.45) is 0. The topological polar surface area (TPSA) is 18.5 Å². The highest BCUT2D eigenvalue weighted by Gasteiger charge is 2.25. The van der Waals surface area contributed by atoms with Gasteiger partial charge in [-0.1, -0.05) is 67.6 Å². The predicted molar refractivity (Wildman–Crippen MR) is 103 cm³/mol. The SMILES string of the molecule is COc1ccc(C(c2ccccc2OC)C(C)c2ccccc2)cc1. The van der Waals surface area contributed by atoms with Crippen LogP contribution in [0, 0.1) is 0 Å². The molecule has 2 atom stereocenters. The molecule has 3 rings (SSSR count). The third-order valence-electron chi connectivity index (χ3n) is 4.77. The third-order valence-corrected chi connectivity index (χ3v) is 4.77. The Hall–Kier alpha value is -2.74. The van der Waals surface area contributed by atoms with Gasteiger partial charge in [0.25, 0.3) is 0 Å². The summed E-state index contributed by atoms with van der Waals surface area (Å²) >= 11 is 0. The van der Waals surface area contributed by atoms with Crippen molar-refractivity contribution < 1.29 is 9.47 Å². The van der Waals surface area contributed by atoms with E-state index in [4.69, 9.17) is 9.47 Å². The first kappa shape index (κ1) is 17.1. The zero-order chi connectivity index (χ0) is 17.6.